The molecule has 0 atom stereocenters. The Kier molecular flexibility index (Phi) is 8.56. The summed E-state index contributed by atoms with van der Waals surface area (Å²) in [5.41, 5.74) is 7.77. The Morgan fingerprint density at radius 1 is 1.21 bits per heavy atom. The van der Waals surface area contributed by atoms with Gasteiger partial charge >= 0.3 is 0 Å². The second-order valence-corrected chi connectivity index (χ2v) is 8.18. The van der Waals surface area contributed by atoms with Crippen molar-refractivity contribution < 1.29 is 14.4 Å². The Hall–Kier alpha value is -3.24. The number of benzene rings is 1. The summed E-state index contributed by atoms with van der Waals surface area (Å²) < 4.78 is 5.39. The highest BCUT2D eigenvalue weighted by Gasteiger charge is 2.20. The summed E-state index contributed by atoms with van der Waals surface area (Å²) in [7, 11) is 1.61. The molecule has 0 aliphatic carbocycles. The number of amides is 1. The first kappa shape index (κ1) is 24.4. The van der Waals surface area contributed by atoms with Gasteiger partial charge in [-0.3, -0.25) is 4.79 Å². The highest BCUT2D eigenvalue weighted by atomic mass is 32.1. The zero-order valence-corrected chi connectivity index (χ0v) is 20.2. The minimum absolute atomic E-state index is 0.0977. The fourth-order valence-electron chi connectivity index (χ4n) is 3.30. The SMILES string of the molecule is CCNC(=O)c1cc2c(C(=NOCCN(CC)CC)c3cccc(OC)c3)nc(N)nc2s1. The topological polar surface area (TPSA) is 115 Å². The van der Waals surface area contributed by atoms with Gasteiger partial charge in [0, 0.05) is 24.0 Å². The Labute approximate surface area is 197 Å². The summed E-state index contributed by atoms with van der Waals surface area (Å²) >= 11 is 1.26. The van der Waals surface area contributed by atoms with E-state index < -0.39 is 0 Å². The standard InChI is InChI=1S/C23H30N6O3S/c1-5-25-21(30)18-14-17-20(26-23(24)27-22(17)33-18)19(15-9-8-10-16(13-15)31-4)28-32-12-11-29(6-2)7-3/h8-10,13-14H,5-7,11-12H2,1-4H3,(H,25,30)(H2,24,26,27). The molecule has 176 valence electrons. The second kappa shape index (κ2) is 11.6. The van der Waals surface area contributed by atoms with Crippen LogP contribution in [-0.2, 0) is 4.84 Å². The van der Waals surface area contributed by atoms with Crippen molar-refractivity contribution in [2.24, 2.45) is 5.16 Å². The smallest absolute Gasteiger partial charge is 0.261 e. The molecule has 9 nitrogen and oxygen atoms in total. The molecule has 0 aliphatic heterocycles. The van der Waals surface area contributed by atoms with Gasteiger partial charge in [-0.05, 0) is 38.2 Å². The molecule has 3 aromatic rings. The summed E-state index contributed by atoms with van der Waals surface area (Å²) in [6, 6.07) is 9.24. The lowest BCUT2D eigenvalue weighted by molar-refractivity contribution is 0.0960. The van der Waals surface area contributed by atoms with Crippen LogP contribution in [0, 0.1) is 0 Å². The number of nitrogens with two attached hydrogens (primary N) is 1. The maximum absolute atomic E-state index is 12.4. The number of oxime groups is 1. The van der Waals surface area contributed by atoms with E-state index in [2.05, 4.69) is 39.2 Å². The first-order valence-electron chi connectivity index (χ1n) is 10.9. The first-order chi connectivity index (χ1) is 16.0. The van der Waals surface area contributed by atoms with Gasteiger partial charge in [0.2, 0.25) is 5.95 Å². The van der Waals surface area contributed by atoms with Crippen LogP contribution in [0.5, 0.6) is 5.75 Å². The third-order valence-electron chi connectivity index (χ3n) is 5.09. The average Bonchev–Trinajstić information content (AvgIpc) is 3.25. The minimum atomic E-state index is -0.166. The lowest BCUT2D eigenvalue weighted by Gasteiger charge is -2.17. The molecule has 0 fully saturated rings. The van der Waals surface area contributed by atoms with Gasteiger partial charge in [-0.15, -0.1) is 11.3 Å². The monoisotopic (exact) mass is 470 g/mol. The van der Waals surface area contributed by atoms with E-state index in [0.717, 1.165) is 25.2 Å². The highest BCUT2D eigenvalue weighted by Crippen LogP contribution is 2.29. The number of methoxy groups -OCH3 is 1. The van der Waals surface area contributed by atoms with Crippen molar-refractivity contribution in [2.45, 2.75) is 20.8 Å². The molecule has 0 saturated heterocycles. The molecular formula is C23H30N6O3S. The van der Waals surface area contributed by atoms with Crippen molar-refractivity contribution in [1.29, 1.82) is 0 Å². The zero-order valence-electron chi connectivity index (χ0n) is 19.4. The molecule has 10 heteroatoms. The summed E-state index contributed by atoms with van der Waals surface area (Å²) in [6.07, 6.45) is 0. The molecule has 2 aromatic heterocycles. The van der Waals surface area contributed by atoms with Crippen molar-refractivity contribution in [3.05, 3.63) is 46.5 Å². The lowest BCUT2D eigenvalue weighted by Crippen LogP contribution is -2.26. The van der Waals surface area contributed by atoms with Crippen LogP contribution in [0.15, 0.2) is 35.5 Å². The summed E-state index contributed by atoms with van der Waals surface area (Å²) in [5.74, 6) is 0.607. The summed E-state index contributed by atoms with van der Waals surface area (Å²) in [5, 5.41) is 7.95. The molecule has 1 amide bonds. The van der Waals surface area contributed by atoms with Gasteiger partial charge in [0.1, 0.15) is 28.6 Å². The lowest BCUT2D eigenvalue weighted by atomic mass is 10.0. The van der Waals surface area contributed by atoms with Gasteiger partial charge in [-0.25, -0.2) is 9.97 Å². The third kappa shape index (κ3) is 5.96. The number of likely N-dealkylation sites (N-methyl/N-ethyl adjacent to an activating group) is 1. The van der Waals surface area contributed by atoms with Gasteiger partial charge in [0.25, 0.3) is 5.91 Å². The van der Waals surface area contributed by atoms with Crippen LogP contribution in [0.4, 0.5) is 5.95 Å². The van der Waals surface area contributed by atoms with Gasteiger partial charge in [0.05, 0.1) is 12.0 Å². The number of hydrogen-bond donors (Lipinski definition) is 2. The van der Waals surface area contributed by atoms with Gasteiger partial charge in [-0.2, -0.15) is 0 Å². The fraction of sp³-hybridized carbons (Fsp3) is 0.391. The molecule has 0 bridgehead atoms. The van der Waals surface area contributed by atoms with Crippen LogP contribution >= 0.6 is 11.3 Å². The van der Waals surface area contributed by atoms with Crippen LogP contribution in [0.2, 0.25) is 0 Å². The molecule has 1 aromatic carbocycles. The van der Waals surface area contributed by atoms with Crippen LogP contribution in [0.1, 0.15) is 41.7 Å². The molecule has 0 spiro atoms. The number of fused-ring (bicyclic) bond motifs is 1. The second-order valence-electron chi connectivity index (χ2n) is 7.15. The average molecular weight is 471 g/mol. The minimum Gasteiger partial charge on any atom is -0.497 e. The molecule has 3 rings (SSSR count). The molecular weight excluding hydrogens is 440 g/mol. The number of nitrogens with one attached hydrogen (secondary N) is 1. The largest absolute Gasteiger partial charge is 0.497 e. The normalized spacial score (nSPS) is 11.7. The Balaban J connectivity index is 2.07. The van der Waals surface area contributed by atoms with Crippen molar-refractivity contribution in [3.8, 4) is 5.75 Å². The first-order valence-corrected chi connectivity index (χ1v) is 11.7. The fourth-order valence-corrected chi connectivity index (χ4v) is 4.26. The van der Waals surface area contributed by atoms with E-state index in [9.17, 15) is 4.79 Å². The number of aromatic nitrogens is 2. The molecule has 0 unspecified atom stereocenters. The van der Waals surface area contributed by atoms with E-state index in [1.807, 2.05) is 31.2 Å². The molecule has 33 heavy (non-hydrogen) atoms. The van der Waals surface area contributed by atoms with E-state index in [4.69, 9.17) is 15.3 Å². The summed E-state index contributed by atoms with van der Waals surface area (Å²) in [6.45, 7) is 9.67. The van der Waals surface area contributed by atoms with Gasteiger partial charge in [-0.1, -0.05) is 31.1 Å². The van der Waals surface area contributed by atoms with Crippen molar-refractivity contribution in [2.75, 3.05) is 45.6 Å². The number of nitrogen functional groups attached to an aromatic ring is 1. The summed E-state index contributed by atoms with van der Waals surface area (Å²) in [4.78, 5) is 30.3. The molecule has 0 radical (unpaired) electrons. The van der Waals surface area contributed by atoms with Crippen LogP contribution < -0.4 is 15.8 Å². The Morgan fingerprint density at radius 3 is 2.70 bits per heavy atom. The number of anilines is 1. The van der Waals surface area contributed by atoms with Gasteiger partial charge < -0.3 is 25.5 Å². The van der Waals surface area contributed by atoms with Crippen LogP contribution in [0.3, 0.4) is 0 Å². The number of nitrogens with zero attached hydrogens (tertiary/aromatic N) is 4. The Bertz CT molecular complexity index is 1130. The van der Waals surface area contributed by atoms with Gasteiger partial charge in [0.15, 0.2) is 0 Å². The number of hydrogen-bond acceptors (Lipinski definition) is 9. The number of rotatable bonds is 11. The molecule has 2 heterocycles. The van der Waals surface area contributed by atoms with Crippen molar-refractivity contribution in [3.63, 3.8) is 0 Å². The highest BCUT2D eigenvalue weighted by molar-refractivity contribution is 7.20. The predicted octanol–water partition coefficient (Wildman–Crippen LogP) is 3.14. The van der Waals surface area contributed by atoms with Crippen molar-refractivity contribution in [1.82, 2.24) is 20.2 Å². The molecule has 0 saturated carbocycles. The van der Waals surface area contributed by atoms with E-state index in [-0.39, 0.29) is 11.9 Å². The van der Waals surface area contributed by atoms with E-state index >= 15 is 0 Å². The number of carbonyl (C=O) groups excluding carboxylic acids is 1. The molecule has 0 aliphatic rings. The van der Waals surface area contributed by atoms with E-state index in [1.54, 1.807) is 13.2 Å². The van der Waals surface area contributed by atoms with Crippen LogP contribution in [0.25, 0.3) is 10.2 Å². The zero-order chi connectivity index (χ0) is 23.8. The van der Waals surface area contributed by atoms with E-state index in [0.29, 0.717) is 45.4 Å². The van der Waals surface area contributed by atoms with E-state index in [1.165, 1.54) is 11.3 Å². The van der Waals surface area contributed by atoms with Crippen molar-refractivity contribution >= 4 is 39.1 Å². The predicted molar refractivity (Wildman–Crippen MR) is 132 cm³/mol. The molecule has 3 N–H and O–H groups in total. The maximum Gasteiger partial charge on any atom is 0.261 e. The number of carbonyl (C=O) groups is 1. The maximum atomic E-state index is 12.4. The number of thiophene rings is 1. The van der Waals surface area contributed by atoms with Crippen LogP contribution in [-0.4, -0.2) is 66.4 Å². The Morgan fingerprint density at radius 2 is 2.00 bits per heavy atom. The third-order valence-corrected chi connectivity index (χ3v) is 6.12. The quantitative estimate of drug-likeness (QED) is 0.251. The number of ether oxygens (including phenoxy) is 1.